The van der Waals surface area contributed by atoms with E-state index in [4.69, 9.17) is 9.05 Å². The van der Waals surface area contributed by atoms with Crippen molar-refractivity contribution in [2.75, 3.05) is 0 Å². The highest BCUT2D eigenvalue weighted by molar-refractivity contribution is 7.47. The van der Waals surface area contributed by atoms with Gasteiger partial charge in [0.05, 0.1) is 0 Å². The van der Waals surface area contributed by atoms with Gasteiger partial charge in [0, 0.05) is 5.41 Å². The molecule has 0 heterocycles. The summed E-state index contributed by atoms with van der Waals surface area (Å²) < 4.78 is 66.1. The number of hydrogen-bond donors (Lipinski definition) is 10. The van der Waals surface area contributed by atoms with Crippen LogP contribution in [-0.2, 0) is 36.4 Å². The summed E-state index contributed by atoms with van der Waals surface area (Å²) in [5, 5.41) is 24.2. The molecule has 4 saturated carbocycles. The van der Waals surface area contributed by atoms with Crippen LogP contribution in [0.4, 0.5) is 0 Å². The largest absolute Gasteiger partial charge is 0.470 e. The minimum absolute atomic E-state index is 0.156. The van der Waals surface area contributed by atoms with Crippen molar-refractivity contribution >= 4 is 31.3 Å². The fourth-order valence-corrected chi connectivity index (χ4v) is 10.2. The Morgan fingerprint density at radius 2 is 0.974 bits per heavy atom. The molecule has 0 radical (unpaired) electrons. The summed E-state index contributed by atoms with van der Waals surface area (Å²) in [4.78, 5) is 76.5. The van der Waals surface area contributed by atoms with Gasteiger partial charge in [-0.15, -0.1) is 0 Å². The first kappa shape index (κ1) is 31.3. The third-order valence-corrected chi connectivity index (χ3v) is 11.6. The second-order valence-corrected chi connectivity index (χ2v) is 15.9. The Morgan fingerprint density at radius 1 is 0.632 bits per heavy atom. The molecule has 0 amide bonds. The van der Waals surface area contributed by atoms with E-state index in [1.165, 1.54) is 0 Å². The number of fused-ring (bicyclic) bond motifs is 6. The Kier molecular flexibility index (Phi) is 6.98. The van der Waals surface area contributed by atoms with Crippen LogP contribution in [0, 0.1) is 22.2 Å². The standard InChI is InChI=1S/C16H30O18P4/c1-12(2)7-4-5-13(12,3)14(6-7)15(17)10(33-37(25,26)27)8(31-35(19,20)21)9(32-36(22,23)24)11(16(14,15)18)34-38(28,29)30/h7-11,17-18H,4-6H2,1-3H3,(H2,19,20,21)(H2,22,23,24)(H2,25,26,27)(H2,28,29,30)/t7?,8-,9-,10+,11+,13?,14?,15-,16+/m1/s1. The Labute approximate surface area is 215 Å². The van der Waals surface area contributed by atoms with Gasteiger partial charge in [0.1, 0.15) is 35.6 Å². The Balaban J connectivity index is 2.04. The van der Waals surface area contributed by atoms with E-state index in [2.05, 4.69) is 9.05 Å². The zero-order valence-electron chi connectivity index (χ0n) is 20.0. The molecule has 38 heavy (non-hydrogen) atoms. The first-order valence-electron chi connectivity index (χ1n) is 11.1. The van der Waals surface area contributed by atoms with Gasteiger partial charge in [-0.3, -0.25) is 18.1 Å². The van der Waals surface area contributed by atoms with E-state index in [0.717, 1.165) is 0 Å². The number of hydrogen-bond acceptors (Lipinski definition) is 10. The van der Waals surface area contributed by atoms with Crippen molar-refractivity contribution in [1.82, 2.24) is 0 Å². The van der Waals surface area contributed by atoms with E-state index in [1.807, 2.05) is 0 Å². The SMILES string of the molecule is CC1(C)C2CCC1(C)C1(C2)[C@]2(O)[C@@H](OP(=O)(O)O)[C@H](OP(=O)(O)O)[C@@H](OP(=O)(O)O)[C@H](OP(=O)(O)O)[C@]12O. The lowest BCUT2D eigenvalue weighted by atomic mass is 9.62. The molecule has 2 bridgehead atoms. The van der Waals surface area contributed by atoms with Gasteiger partial charge in [0.25, 0.3) is 0 Å². The van der Waals surface area contributed by atoms with Crippen molar-refractivity contribution in [2.24, 2.45) is 22.2 Å². The van der Waals surface area contributed by atoms with Crippen molar-refractivity contribution in [3.8, 4) is 0 Å². The van der Waals surface area contributed by atoms with Crippen molar-refractivity contribution in [2.45, 2.75) is 75.7 Å². The van der Waals surface area contributed by atoms with Crippen molar-refractivity contribution < 1.29 is 85.7 Å². The molecule has 0 saturated heterocycles. The number of phosphoric acid groups is 4. The van der Waals surface area contributed by atoms with Crippen LogP contribution in [0.25, 0.3) is 0 Å². The van der Waals surface area contributed by atoms with Crippen molar-refractivity contribution in [1.29, 1.82) is 0 Å². The average molecular weight is 634 g/mol. The van der Waals surface area contributed by atoms with E-state index >= 15 is 0 Å². The minimum atomic E-state index is -5.78. The molecule has 4 fully saturated rings. The third-order valence-electron chi connectivity index (χ3n) is 9.51. The van der Waals surface area contributed by atoms with E-state index < -0.39 is 83.2 Å². The molecule has 1 spiro atoms. The van der Waals surface area contributed by atoms with E-state index in [9.17, 15) is 67.6 Å². The topological polar surface area (TPSA) is 308 Å². The van der Waals surface area contributed by atoms with E-state index in [-0.39, 0.29) is 18.8 Å². The minimum Gasteiger partial charge on any atom is -0.383 e. The monoisotopic (exact) mass is 634 g/mol. The van der Waals surface area contributed by atoms with Crippen LogP contribution >= 0.6 is 31.3 Å². The van der Waals surface area contributed by atoms with Crippen LogP contribution in [0.5, 0.6) is 0 Å². The second kappa shape index (κ2) is 8.47. The van der Waals surface area contributed by atoms with Crippen molar-refractivity contribution in [3.63, 3.8) is 0 Å². The summed E-state index contributed by atoms with van der Waals surface area (Å²) in [7, 11) is -23.0. The molecule has 0 aliphatic heterocycles. The van der Waals surface area contributed by atoms with Crippen LogP contribution in [0.15, 0.2) is 0 Å². The van der Waals surface area contributed by atoms with Crippen LogP contribution in [0.3, 0.4) is 0 Å². The maximum atomic E-state index is 12.1. The maximum absolute atomic E-state index is 12.1. The Bertz CT molecular complexity index is 1130. The first-order chi connectivity index (χ1) is 16.7. The van der Waals surface area contributed by atoms with E-state index in [1.54, 1.807) is 20.8 Å². The highest BCUT2D eigenvalue weighted by Gasteiger charge is 3.03. The quantitative estimate of drug-likeness (QED) is 0.146. The molecule has 10 N–H and O–H groups in total. The van der Waals surface area contributed by atoms with Gasteiger partial charge in [-0.1, -0.05) is 20.8 Å². The molecule has 222 valence electrons. The van der Waals surface area contributed by atoms with Gasteiger partial charge in [-0.05, 0) is 36.0 Å². The summed E-state index contributed by atoms with van der Waals surface area (Å²) in [6.45, 7) is 5.12. The highest BCUT2D eigenvalue weighted by atomic mass is 31.2. The lowest BCUT2D eigenvalue weighted by Gasteiger charge is -2.45. The van der Waals surface area contributed by atoms with Crippen LogP contribution in [0.1, 0.15) is 40.0 Å². The second-order valence-electron chi connectivity index (χ2n) is 11.1. The number of aliphatic hydroxyl groups is 2. The Hall–Kier alpha value is 0.360. The van der Waals surface area contributed by atoms with E-state index in [0.29, 0.717) is 6.42 Å². The molecule has 9 atom stereocenters. The van der Waals surface area contributed by atoms with Gasteiger partial charge in [-0.25, -0.2) is 18.3 Å². The zero-order chi connectivity index (χ0) is 29.3. The molecule has 0 aromatic heterocycles. The normalized spacial score (nSPS) is 46.4. The number of rotatable bonds is 8. The molecule has 0 aromatic carbocycles. The third kappa shape index (κ3) is 4.17. The molecule has 18 nitrogen and oxygen atoms in total. The fourth-order valence-electron chi connectivity index (χ4n) is 7.96. The predicted octanol–water partition coefficient (Wildman–Crippen LogP) is -0.780. The lowest BCUT2D eigenvalue weighted by molar-refractivity contribution is -0.209. The smallest absolute Gasteiger partial charge is 0.383 e. The van der Waals surface area contributed by atoms with Crippen LogP contribution in [0.2, 0.25) is 0 Å². The van der Waals surface area contributed by atoms with Crippen LogP contribution < -0.4 is 0 Å². The first-order valence-corrected chi connectivity index (χ1v) is 17.2. The summed E-state index contributed by atoms with van der Waals surface area (Å²) in [6, 6.07) is 0. The summed E-state index contributed by atoms with van der Waals surface area (Å²) in [6.07, 6.45) is -10.1. The fraction of sp³-hybridized carbons (Fsp3) is 1.00. The molecule has 22 heteroatoms. The zero-order valence-corrected chi connectivity index (χ0v) is 23.6. The number of phosphoric ester groups is 4. The molecular weight excluding hydrogens is 604 g/mol. The lowest BCUT2D eigenvalue weighted by Crippen LogP contribution is -2.65. The molecule has 4 aliphatic rings. The van der Waals surface area contributed by atoms with Crippen LogP contribution in [-0.4, -0.2) is 85.0 Å². The van der Waals surface area contributed by atoms with Gasteiger partial charge in [-0.2, -0.15) is 0 Å². The van der Waals surface area contributed by atoms with Gasteiger partial charge in [0.2, 0.25) is 0 Å². The summed E-state index contributed by atoms with van der Waals surface area (Å²) in [5.74, 6) is -0.292. The maximum Gasteiger partial charge on any atom is 0.470 e. The highest BCUT2D eigenvalue weighted by Crippen LogP contribution is 2.91. The predicted molar refractivity (Wildman–Crippen MR) is 119 cm³/mol. The summed E-state index contributed by atoms with van der Waals surface area (Å²) in [5.41, 5.74) is -9.92. The molecule has 4 aliphatic carbocycles. The summed E-state index contributed by atoms with van der Waals surface area (Å²) >= 11 is 0. The Morgan fingerprint density at radius 3 is 1.21 bits per heavy atom. The van der Waals surface area contributed by atoms with Gasteiger partial charge >= 0.3 is 31.3 Å². The van der Waals surface area contributed by atoms with Gasteiger partial charge < -0.3 is 49.4 Å². The average Bonchev–Trinajstić information content (AvgIpc) is 2.88. The molecule has 0 aromatic rings. The molecule has 4 rings (SSSR count). The van der Waals surface area contributed by atoms with Crippen molar-refractivity contribution in [3.05, 3.63) is 0 Å². The molecule has 3 unspecified atom stereocenters. The van der Waals surface area contributed by atoms with Gasteiger partial charge in [0.15, 0.2) is 0 Å². The molecular formula is C16H30O18P4.